The third-order valence-electron chi connectivity index (χ3n) is 3.98. The molecule has 0 heterocycles. The van der Waals surface area contributed by atoms with Crippen molar-refractivity contribution in [1.29, 1.82) is 0 Å². The Balaban J connectivity index is 1.99. The first kappa shape index (κ1) is 20.2. The number of nitro benzene ring substituents is 1. The lowest BCUT2D eigenvalue weighted by atomic mass is 10.1. The van der Waals surface area contributed by atoms with E-state index in [0.717, 1.165) is 5.56 Å². The fraction of sp³-hybridized carbons (Fsp3) is 0.278. The summed E-state index contributed by atoms with van der Waals surface area (Å²) in [6.07, 6.45) is 0. The number of carbonyl (C=O) groups is 1. The predicted molar refractivity (Wildman–Crippen MR) is 95.7 cm³/mol. The Morgan fingerprint density at radius 3 is 2.44 bits per heavy atom. The van der Waals surface area contributed by atoms with Gasteiger partial charge < -0.3 is 10.1 Å². The number of carbonyl (C=O) groups excluding carboxylic acids is 1. The zero-order valence-corrected chi connectivity index (χ0v) is 14.8. The van der Waals surface area contributed by atoms with Crippen molar-refractivity contribution >= 4 is 17.3 Å². The van der Waals surface area contributed by atoms with E-state index in [9.17, 15) is 23.7 Å². The highest BCUT2D eigenvalue weighted by Crippen LogP contribution is 2.23. The summed E-state index contributed by atoms with van der Waals surface area (Å²) in [5, 5.41) is 13.6. The number of para-hydroxylation sites is 2. The molecule has 0 saturated heterocycles. The van der Waals surface area contributed by atoms with Crippen molar-refractivity contribution in [3.05, 3.63) is 64.2 Å². The second-order valence-corrected chi connectivity index (χ2v) is 5.88. The molecule has 0 radical (unpaired) electrons. The standard InChI is InChI=1S/C18H19F2N3O4/c1-12(17(24)21-15-5-3-4-6-16(15)23(25)26)22(2)11-13-7-9-14(10-8-13)27-18(19)20/h3-10,12,18H,11H2,1-2H3,(H,21,24)/t12-/m0/s1. The van der Waals surface area contributed by atoms with Gasteiger partial charge in [0.15, 0.2) is 0 Å². The Morgan fingerprint density at radius 2 is 1.85 bits per heavy atom. The van der Waals surface area contributed by atoms with Crippen LogP contribution in [0.1, 0.15) is 12.5 Å². The molecule has 9 heteroatoms. The van der Waals surface area contributed by atoms with Gasteiger partial charge in [-0.25, -0.2) is 0 Å². The van der Waals surface area contributed by atoms with Crippen molar-refractivity contribution in [3.8, 4) is 5.75 Å². The van der Waals surface area contributed by atoms with E-state index < -0.39 is 23.5 Å². The molecule has 0 aromatic heterocycles. The van der Waals surface area contributed by atoms with Crippen molar-refractivity contribution in [1.82, 2.24) is 4.90 Å². The maximum atomic E-state index is 12.4. The van der Waals surface area contributed by atoms with Gasteiger partial charge in [0.2, 0.25) is 5.91 Å². The number of likely N-dealkylation sites (N-methyl/N-ethyl adjacent to an activating group) is 1. The third-order valence-corrected chi connectivity index (χ3v) is 3.98. The summed E-state index contributed by atoms with van der Waals surface area (Å²) in [5.74, 6) is -0.344. The van der Waals surface area contributed by atoms with Crippen molar-refractivity contribution in [2.75, 3.05) is 12.4 Å². The monoisotopic (exact) mass is 379 g/mol. The average Bonchev–Trinajstić information content (AvgIpc) is 2.62. The zero-order chi connectivity index (χ0) is 20.0. The highest BCUT2D eigenvalue weighted by Gasteiger charge is 2.21. The van der Waals surface area contributed by atoms with Gasteiger partial charge in [-0.15, -0.1) is 0 Å². The SMILES string of the molecule is C[C@@H](C(=O)Nc1ccccc1[N+](=O)[O-])N(C)Cc1ccc(OC(F)F)cc1. The molecule has 2 aromatic carbocycles. The first-order valence-corrected chi connectivity index (χ1v) is 8.06. The number of amides is 1. The van der Waals surface area contributed by atoms with Gasteiger partial charge in [-0.3, -0.25) is 19.8 Å². The molecule has 0 bridgehead atoms. The molecule has 0 spiro atoms. The van der Waals surface area contributed by atoms with Crippen LogP contribution in [-0.4, -0.2) is 35.4 Å². The molecule has 0 saturated carbocycles. The molecule has 7 nitrogen and oxygen atoms in total. The van der Waals surface area contributed by atoms with Gasteiger partial charge in [0.1, 0.15) is 11.4 Å². The summed E-state index contributed by atoms with van der Waals surface area (Å²) in [6.45, 7) is -0.844. The molecule has 1 amide bonds. The minimum absolute atomic E-state index is 0.0542. The Bertz CT molecular complexity index is 799. The maximum absolute atomic E-state index is 12.4. The second kappa shape index (κ2) is 9.04. The number of halogens is 2. The number of rotatable bonds is 8. The van der Waals surface area contributed by atoms with Gasteiger partial charge in [-0.05, 0) is 37.7 Å². The van der Waals surface area contributed by atoms with E-state index in [1.165, 1.54) is 30.3 Å². The number of hydrogen-bond acceptors (Lipinski definition) is 5. The van der Waals surface area contributed by atoms with Crippen LogP contribution in [0.15, 0.2) is 48.5 Å². The van der Waals surface area contributed by atoms with Crippen LogP contribution in [0.4, 0.5) is 20.2 Å². The van der Waals surface area contributed by atoms with Crippen molar-refractivity contribution in [3.63, 3.8) is 0 Å². The average molecular weight is 379 g/mol. The minimum Gasteiger partial charge on any atom is -0.435 e. The molecule has 144 valence electrons. The van der Waals surface area contributed by atoms with E-state index in [1.54, 1.807) is 37.1 Å². The maximum Gasteiger partial charge on any atom is 0.387 e. The quantitative estimate of drug-likeness (QED) is 0.559. The van der Waals surface area contributed by atoms with E-state index in [-0.39, 0.29) is 17.1 Å². The highest BCUT2D eigenvalue weighted by molar-refractivity contribution is 5.96. The van der Waals surface area contributed by atoms with Crippen molar-refractivity contribution < 1.29 is 23.2 Å². The smallest absolute Gasteiger partial charge is 0.387 e. The number of anilines is 1. The molecule has 2 rings (SSSR count). The Hall–Kier alpha value is -3.07. The number of ether oxygens (including phenoxy) is 1. The number of hydrogen-bond donors (Lipinski definition) is 1. The normalized spacial score (nSPS) is 12.1. The lowest BCUT2D eigenvalue weighted by molar-refractivity contribution is -0.383. The van der Waals surface area contributed by atoms with Crippen LogP contribution in [0.25, 0.3) is 0 Å². The molecule has 27 heavy (non-hydrogen) atoms. The first-order valence-electron chi connectivity index (χ1n) is 8.06. The largest absolute Gasteiger partial charge is 0.435 e. The number of nitro groups is 1. The van der Waals surface area contributed by atoms with Gasteiger partial charge in [-0.1, -0.05) is 24.3 Å². The Labute approximate surface area is 154 Å². The van der Waals surface area contributed by atoms with Crippen LogP contribution < -0.4 is 10.1 Å². The minimum atomic E-state index is -2.88. The van der Waals surface area contributed by atoms with E-state index in [2.05, 4.69) is 10.1 Å². The molecule has 0 aliphatic rings. The molecular formula is C18H19F2N3O4. The molecule has 0 aliphatic carbocycles. The van der Waals surface area contributed by atoms with E-state index >= 15 is 0 Å². The molecule has 2 aromatic rings. The Morgan fingerprint density at radius 1 is 1.22 bits per heavy atom. The van der Waals surface area contributed by atoms with E-state index in [4.69, 9.17) is 0 Å². The van der Waals surface area contributed by atoms with Gasteiger partial charge in [0, 0.05) is 12.6 Å². The molecule has 0 aliphatic heterocycles. The van der Waals surface area contributed by atoms with E-state index in [0.29, 0.717) is 6.54 Å². The van der Waals surface area contributed by atoms with Crippen LogP contribution in [0, 0.1) is 10.1 Å². The van der Waals surface area contributed by atoms with E-state index in [1.807, 2.05) is 0 Å². The van der Waals surface area contributed by atoms with Crippen LogP contribution >= 0.6 is 0 Å². The van der Waals surface area contributed by atoms with Crippen molar-refractivity contribution in [2.24, 2.45) is 0 Å². The summed E-state index contributed by atoms with van der Waals surface area (Å²) in [4.78, 5) is 24.6. The fourth-order valence-corrected chi connectivity index (χ4v) is 2.38. The van der Waals surface area contributed by atoms with Gasteiger partial charge in [-0.2, -0.15) is 8.78 Å². The molecule has 1 atom stereocenters. The number of nitrogens with zero attached hydrogens (tertiary/aromatic N) is 2. The van der Waals surface area contributed by atoms with Crippen LogP contribution in [0.2, 0.25) is 0 Å². The molecule has 0 fully saturated rings. The lowest BCUT2D eigenvalue weighted by Gasteiger charge is -2.24. The second-order valence-electron chi connectivity index (χ2n) is 5.88. The molecular weight excluding hydrogens is 360 g/mol. The van der Waals surface area contributed by atoms with Crippen LogP contribution in [0.5, 0.6) is 5.75 Å². The van der Waals surface area contributed by atoms with Gasteiger partial charge in [0.25, 0.3) is 5.69 Å². The predicted octanol–water partition coefficient (Wildman–Crippen LogP) is 3.66. The van der Waals surface area contributed by atoms with Gasteiger partial charge in [0.05, 0.1) is 11.0 Å². The summed E-state index contributed by atoms with van der Waals surface area (Å²) in [6, 6.07) is 11.4. The molecule has 0 unspecified atom stereocenters. The zero-order valence-electron chi connectivity index (χ0n) is 14.8. The Kier molecular flexibility index (Phi) is 6.78. The van der Waals surface area contributed by atoms with Gasteiger partial charge >= 0.3 is 6.61 Å². The number of alkyl halides is 2. The fourth-order valence-electron chi connectivity index (χ4n) is 2.38. The third kappa shape index (κ3) is 5.71. The number of nitrogens with one attached hydrogen (secondary N) is 1. The topological polar surface area (TPSA) is 84.7 Å². The summed E-state index contributed by atoms with van der Waals surface area (Å²) < 4.78 is 28.6. The van der Waals surface area contributed by atoms with Crippen molar-refractivity contribution in [2.45, 2.75) is 26.1 Å². The van der Waals surface area contributed by atoms with Crippen LogP contribution in [-0.2, 0) is 11.3 Å². The summed E-state index contributed by atoms with van der Waals surface area (Å²) in [5.41, 5.74) is 0.737. The summed E-state index contributed by atoms with van der Waals surface area (Å²) in [7, 11) is 1.72. The highest BCUT2D eigenvalue weighted by atomic mass is 19.3. The first-order chi connectivity index (χ1) is 12.8. The van der Waals surface area contributed by atoms with Crippen LogP contribution in [0.3, 0.4) is 0 Å². The lowest BCUT2D eigenvalue weighted by Crippen LogP contribution is -2.39. The molecule has 1 N–H and O–H groups in total. The summed E-state index contributed by atoms with van der Waals surface area (Å²) >= 11 is 0. The number of benzene rings is 2.